The van der Waals surface area contributed by atoms with Gasteiger partial charge < -0.3 is 9.84 Å². The van der Waals surface area contributed by atoms with Crippen molar-refractivity contribution in [2.45, 2.75) is 58.4 Å². The number of amides is 1. The number of aryl methyl sites for hydroxylation is 1. The lowest BCUT2D eigenvalue weighted by Gasteiger charge is -2.36. The zero-order chi connectivity index (χ0) is 20.7. The first kappa shape index (κ1) is 18.8. The van der Waals surface area contributed by atoms with Gasteiger partial charge in [0, 0.05) is 36.1 Å². The second kappa shape index (κ2) is 7.27. The van der Waals surface area contributed by atoms with Crippen LogP contribution in [0.15, 0.2) is 29.3 Å². The number of fused-ring (bicyclic) bond motifs is 2. The van der Waals surface area contributed by atoms with Crippen LogP contribution in [-0.4, -0.2) is 31.0 Å². The first-order valence-corrected chi connectivity index (χ1v) is 10.4. The second-order valence-electron chi connectivity index (χ2n) is 8.90. The molecule has 0 bridgehead atoms. The van der Waals surface area contributed by atoms with Crippen LogP contribution in [0.5, 0.6) is 0 Å². The van der Waals surface area contributed by atoms with E-state index in [1.807, 2.05) is 6.20 Å². The zero-order valence-electron chi connectivity index (χ0n) is 17.2. The van der Waals surface area contributed by atoms with Crippen LogP contribution in [0.2, 0.25) is 0 Å². The summed E-state index contributed by atoms with van der Waals surface area (Å²) in [5.74, 6) is 1.22. The van der Waals surface area contributed by atoms with Gasteiger partial charge in [0.05, 0.1) is 17.9 Å². The van der Waals surface area contributed by atoms with Gasteiger partial charge in [0.2, 0.25) is 0 Å². The fourth-order valence-electron chi connectivity index (χ4n) is 4.50. The third-order valence-corrected chi connectivity index (χ3v) is 5.94. The van der Waals surface area contributed by atoms with Crippen molar-refractivity contribution in [3.63, 3.8) is 0 Å². The van der Waals surface area contributed by atoms with Crippen LogP contribution in [0.4, 0.5) is 0 Å². The van der Waals surface area contributed by atoms with Crippen molar-refractivity contribution >= 4 is 5.91 Å². The third kappa shape index (κ3) is 3.46. The van der Waals surface area contributed by atoms with Gasteiger partial charge in [-0.15, -0.1) is 0 Å². The molecule has 1 unspecified atom stereocenters. The Morgan fingerprint density at radius 2 is 2.03 bits per heavy atom. The van der Waals surface area contributed by atoms with Crippen molar-refractivity contribution in [3.05, 3.63) is 53.1 Å². The monoisotopic (exact) mass is 404 g/mol. The van der Waals surface area contributed by atoms with Crippen LogP contribution < -0.4 is 5.32 Å². The van der Waals surface area contributed by atoms with E-state index in [9.17, 15) is 4.79 Å². The molecule has 1 N–H and O–H groups in total. The summed E-state index contributed by atoms with van der Waals surface area (Å²) in [4.78, 5) is 30.7. The summed E-state index contributed by atoms with van der Waals surface area (Å²) in [5, 5.41) is 7.25. The van der Waals surface area contributed by atoms with Crippen LogP contribution in [0, 0.1) is 5.41 Å². The lowest BCUT2D eigenvalue weighted by Crippen LogP contribution is -2.37. The van der Waals surface area contributed by atoms with Gasteiger partial charge in [-0.2, -0.15) is 0 Å². The normalized spacial score (nSPS) is 19.6. The fraction of sp³-hybridized carbons (Fsp3) is 0.455. The Balaban J connectivity index is 1.45. The summed E-state index contributed by atoms with van der Waals surface area (Å²) in [6.07, 6.45) is 12.2. The second-order valence-corrected chi connectivity index (χ2v) is 8.90. The molecular formula is C22H24N6O2. The third-order valence-electron chi connectivity index (χ3n) is 5.94. The van der Waals surface area contributed by atoms with Gasteiger partial charge >= 0.3 is 0 Å². The number of hydrogen-bond donors (Lipinski definition) is 1. The summed E-state index contributed by atoms with van der Waals surface area (Å²) in [7, 11) is 0. The van der Waals surface area contributed by atoms with Gasteiger partial charge in [-0.25, -0.2) is 15.0 Å². The van der Waals surface area contributed by atoms with Gasteiger partial charge in [-0.05, 0) is 37.5 Å². The van der Waals surface area contributed by atoms with Crippen LogP contribution in [0.25, 0.3) is 11.5 Å². The summed E-state index contributed by atoms with van der Waals surface area (Å²) in [6, 6.07) is -0.178. The molecule has 0 saturated heterocycles. The number of hydrogen-bond acceptors (Lipinski definition) is 7. The Hall–Kier alpha value is -3.16. The number of rotatable bonds is 3. The van der Waals surface area contributed by atoms with E-state index in [-0.39, 0.29) is 17.4 Å². The van der Waals surface area contributed by atoms with Gasteiger partial charge in [0.1, 0.15) is 11.5 Å². The topological polar surface area (TPSA) is 107 Å². The lowest BCUT2D eigenvalue weighted by molar-refractivity contribution is 0.0909. The quantitative estimate of drug-likeness (QED) is 0.714. The molecule has 0 fully saturated rings. The maximum absolute atomic E-state index is 13.1. The number of aromatic nitrogens is 5. The highest BCUT2D eigenvalue weighted by Gasteiger charge is 2.36. The van der Waals surface area contributed by atoms with E-state index >= 15 is 0 Å². The smallest absolute Gasteiger partial charge is 0.274 e. The number of nitrogens with zero attached hydrogens (tertiary/aromatic N) is 5. The zero-order valence-corrected chi connectivity index (χ0v) is 17.2. The lowest BCUT2D eigenvalue weighted by atomic mass is 9.74. The predicted octanol–water partition coefficient (Wildman–Crippen LogP) is 3.24. The Bertz CT molecular complexity index is 1090. The first-order chi connectivity index (χ1) is 14.5. The van der Waals surface area contributed by atoms with E-state index in [0.29, 0.717) is 17.2 Å². The molecule has 3 aromatic rings. The van der Waals surface area contributed by atoms with Crippen molar-refractivity contribution in [1.29, 1.82) is 0 Å². The molecule has 3 aromatic heterocycles. The molecule has 0 radical (unpaired) electrons. The standard InChI is InChI=1S/C22H24N6O2/c1-22(2)9-15-14(11-25-20(26-15)17-12-23-7-8-24-17)16(10-22)27-21(29)19-13-5-3-4-6-18(13)30-28-19/h7-8,11-12,16H,3-6,9-10H2,1-2H3,(H,27,29). The fourth-order valence-corrected chi connectivity index (χ4v) is 4.50. The highest BCUT2D eigenvalue weighted by molar-refractivity contribution is 5.94. The maximum atomic E-state index is 13.1. The minimum absolute atomic E-state index is 0.0117. The van der Waals surface area contributed by atoms with Crippen molar-refractivity contribution in [2.75, 3.05) is 0 Å². The molecular weight excluding hydrogens is 380 g/mol. The molecule has 2 aliphatic carbocycles. The SMILES string of the molecule is CC1(C)Cc2nc(-c3cnccn3)ncc2C(NC(=O)c2noc3c2CCCC3)C1. The molecule has 1 amide bonds. The number of nitrogens with one attached hydrogen (secondary N) is 1. The van der Waals surface area contributed by atoms with E-state index in [0.717, 1.165) is 61.1 Å². The summed E-state index contributed by atoms with van der Waals surface area (Å²) < 4.78 is 5.42. The van der Waals surface area contributed by atoms with Crippen LogP contribution in [0.3, 0.4) is 0 Å². The highest BCUT2D eigenvalue weighted by Crippen LogP contribution is 2.40. The van der Waals surface area contributed by atoms with Crippen LogP contribution in [0.1, 0.15) is 72.2 Å². The molecule has 30 heavy (non-hydrogen) atoms. The van der Waals surface area contributed by atoms with E-state index in [2.05, 4.69) is 39.3 Å². The molecule has 0 spiro atoms. The van der Waals surface area contributed by atoms with Crippen molar-refractivity contribution < 1.29 is 9.32 Å². The van der Waals surface area contributed by atoms with Crippen molar-refractivity contribution in [2.24, 2.45) is 5.41 Å². The Morgan fingerprint density at radius 1 is 1.17 bits per heavy atom. The van der Waals surface area contributed by atoms with Crippen LogP contribution >= 0.6 is 0 Å². The summed E-state index contributed by atoms with van der Waals surface area (Å²) >= 11 is 0. The minimum atomic E-state index is -0.187. The van der Waals surface area contributed by atoms with Gasteiger partial charge in [-0.1, -0.05) is 19.0 Å². The molecule has 154 valence electrons. The average molecular weight is 404 g/mol. The largest absolute Gasteiger partial charge is 0.360 e. The molecule has 2 aliphatic rings. The molecule has 3 heterocycles. The predicted molar refractivity (Wildman–Crippen MR) is 109 cm³/mol. The Labute approximate surface area is 174 Å². The van der Waals surface area contributed by atoms with E-state index < -0.39 is 0 Å². The molecule has 5 rings (SSSR count). The first-order valence-electron chi connectivity index (χ1n) is 10.4. The van der Waals surface area contributed by atoms with E-state index in [4.69, 9.17) is 9.51 Å². The molecule has 8 heteroatoms. The van der Waals surface area contributed by atoms with Gasteiger partial charge in [0.15, 0.2) is 11.5 Å². The number of carbonyl (C=O) groups is 1. The summed E-state index contributed by atoms with van der Waals surface area (Å²) in [5.41, 5.74) is 3.90. The molecule has 1 atom stereocenters. The maximum Gasteiger partial charge on any atom is 0.274 e. The van der Waals surface area contributed by atoms with Gasteiger partial charge in [-0.3, -0.25) is 9.78 Å². The minimum Gasteiger partial charge on any atom is -0.360 e. The summed E-state index contributed by atoms with van der Waals surface area (Å²) in [6.45, 7) is 4.38. The Morgan fingerprint density at radius 3 is 2.87 bits per heavy atom. The van der Waals surface area contributed by atoms with Crippen LogP contribution in [-0.2, 0) is 19.3 Å². The van der Waals surface area contributed by atoms with E-state index in [1.54, 1.807) is 18.6 Å². The molecule has 0 aliphatic heterocycles. The molecule has 0 aromatic carbocycles. The van der Waals surface area contributed by atoms with Crippen molar-refractivity contribution in [3.8, 4) is 11.5 Å². The van der Waals surface area contributed by atoms with Crippen molar-refractivity contribution in [1.82, 2.24) is 30.4 Å². The number of carbonyl (C=O) groups excluding carboxylic acids is 1. The Kier molecular flexibility index (Phi) is 4.56. The average Bonchev–Trinajstić information content (AvgIpc) is 3.17. The van der Waals surface area contributed by atoms with E-state index in [1.165, 1.54) is 0 Å². The highest BCUT2D eigenvalue weighted by atomic mass is 16.5. The van der Waals surface area contributed by atoms with Gasteiger partial charge in [0.25, 0.3) is 5.91 Å². The molecule has 0 saturated carbocycles. The molecule has 8 nitrogen and oxygen atoms in total.